The van der Waals surface area contributed by atoms with E-state index < -0.39 is 0 Å². The van der Waals surface area contributed by atoms with Gasteiger partial charge in [0.1, 0.15) is 0 Å². The van der Waals surface area contributed by atoms with E-state index in [9.17, 15) is 9.90 Å². The van der Waals surface area contributed by atoms with Crippen molar-refractivity contribution in [3.8, 4) is 0 Å². The molecule has 1 aromatic rings. The van der Waals surface area contributed by atoms with Crippen molar-refractivity contribution in [2.24, 2.45) is 5.92 Å². The monoisotopic (exact) mass is 291 g/mol. The molecule has 0 fully saturated rings. The van der Waals surface area contributed by atoms with Crippen LogP contribution in [0.15, 0.2) is 24.3 Å². The summed E-state index contributed by atoms with van der Waals surface area (Å²) in [5, 5.41) is 12.3. The van der Waals surface area contributed by atoms with Crippen molar-refractivity contribution in [2.45, 2.75) is 59.0 Å². The zero-order valence-corrected chi connectivity index (χ0v) is 13.7. The summed E-state index contributed by atoms with van der Waals surface area (Å²) in [6.07, 6.45) is 1.89. The molecule has 2 N–H and O–H groups in total. The van der Waals surface area contributed by atoms with Crippen LogP contribution in [-0.4, -0.2) is 23.7 Å². The van der Waals surface area contributed by atoms with Crippen molar-refractivity contribution in [1.82, 2.24) is 5.32 Å². The molecule has 1 aromatic carbocycles. The predicted octanol–water partition coefficient (Wildman–Crippen LogP) is 3.40. The highest BCUT2D eigenvalue weighted by atomic mass is 16.3. The lowest BCUT2D eigenvalue weighted by Crippen LogP contribution is -2.30. The van der Waals surface area contributed by atoms with Gasteiger partial charge in [0.15, 0.2) is 0 Å². The van der Waals surface area contributed by atoms with Gasteiger partial charge in [-0.05, 0) is 44.1 Å². The molecule has 0 radical (unpaired) electrons. The zero-order valence-electron chi connectivity index (χ0n) is 13.7. The maximum Gasteiger partial charge on any atom is 0.220 e. The third-order valence-electron chi connectivity index (χ3n) is 3.86. The third kappa shape index (κ3) is 6.76. The molecule has 0 aliphatic carbocycles. The number of aliphatic hydroxyl groups is 1. The average molecular weight is 291 g/mol. The Hall–Kier alpha value is -1.35. The number of rotatable bonds is 8. The first-order chi connectivity index (χ1) is 9.92. The Kier molecular flexibility index (Phi) is 7.44. The molecule has 0 saturated heterocycles. The fourth-order valence-corrected chi connectivity index (χ4v) is 2.59. The van der Waals surface area contributed by atoms with Crippen molar-refractivity contribution in [3.63, 3.8) is 0 Å². The van der Waals surface area contributed by atoms with Gasteiger partial charge in [-0.15, -0.1) is 0 Å². The van der Waals surface area contributed by atoms with Crippen LogP contribution in [0, 0.1) is 12.8 Å². The van der Waals surface area contributed by atoms with Crippen LogP contribution in [0.4, 0.5) is 0 Å². The van der Waals surface area contributed by atoms with Crippen LogP contribution in [0.5, 0.6) is 0 Å². The summed E-state index contributed by atoms with van der Waals surface area (Å²) in [5.41, 5.74) is 2.47. The number of aliphatic hydroxyl groups excluding tert-OH is 1. The van der Waals surface area contributed by atoms with Crippen LogP contribution in [0.3, 0.4) is 0 Å². The first-order valence-electron chi connectivity index (χ1n) is 7.93. The number of aryl methyl sites for hydroxylation is 1. The van der Waals surface area contributed by atoms with Gasteiger partial charge in [0.05, 0.1) is 6.10 Å². The molecule has 1 rings (SSSR count). The molecule has 0 heterocycles. The molecule has 3 nitrogen and oxygen atoms in total. The van der Waals surface area contributed by atoms with Crippen LogP contribution < -0.4 is 5.32 Å². The molecule has 0 bridgehead atoms. The van der Waals surface area contributed by atoms with Gasteiger partial charge in [0, 0.05) is 13.0 Å². The molecular weight excluding hydrogens is 262 g/mol. The second kappa shape index (κ2) is 8.83. The summed E-state index contributed by atoms with van der Waals surface area (Å²) in [7, 11) is 0. The number of benzene rings is 1. The lowest BCUT2D eigenvalue weighted by molar-refractivity contribution is -0.121. The quantitative estimate of drug-likeness (QED) is 0.771. The summed E-state index contributed by atoms with van der Waals surface area (Å²) >= 11 is 0. The van der Waals surface area contributed by atoms with E-state index in [0.29, 0.717) is 18.9 Å². The number of nitrogens with one attached hydrogen (secondary N) is 1. The highest BCUT2D eigenvalue weighted by Gasteiger charge is 2.15. The van der Waals surface area contributed by atoms with E-state index in [-0.39, 0.29) is 17.9 Å². The van der Waals surface area contributed by atoms with Gasteiger partial charge >= 0.3 is 0 Å². The van der Waals surface area contributed by atoms with Crippen molar-refractivity contribution >= 4 is 5.91 Å². The molecule has 118 valence electrons. The average Bonchev–Trinajstić information content (AvgIpc) is 2.43. The van der Waals surface area contributed by atoms with E-state index in [1.807, 2.05) is 6.92 Å². The van der Waals surface area contributed by atoms with Crippen LogP contribution in [-0.2, 0) is 4.79 Å². The summed E-state index contributed by atoms with van der Waals surface area (Å²) in [6.45, 7) is 8.65. The van der Waals surface area contributed by atoms with Gasteiger partial charge < -0.3 is 10.4 Å². The Balaban J connectivity index is 2.46. The number of carbonyl (C=O) groups is 1. The van der Waals surface area contributed by atoms with E-state index >= 15 is 0 Å². The summed E-state index contributed by atoms with van der Waals surface area (Å²) in [4.78, 5) is 12.1. The van der Waals surface area contributed by atoms with E-state index in [4.69, 9.17) is 0 Å². The number of carbonyl (C=O) groups excluding carboxylic acids is 1. The van der Waals surface area contributed by atoms with E-state index in [2.05, 4.69) is 43.4 Å². The van der Waals surface area contributed by atoms with Crippen LogP contribution >= 0.6 is 0 Å². The van der Waals surface area contributed by atoms with Crippen LogP contribution in [0.25, 0.3) is 0 Å². The van der Waals surface area contributed by atoms with Gasteiger partial charge in [-0.1, -0.05) is 43.7 Å². The molecule has 0 aliphatic heterocycles. The third-order valence-corrected chi connectivity index (χ3v) is 3.86. The second-order valence-corrected chi connectivity index (χ2v) is 6.21. The summed E-state index contributed by atoms with van der Waals surface area (Å²) < 4.78 is 0. The lowest BCUT2D eigenvalue weighted by Gasteiger charge is -2.18. The van der Waals surface area contributed by atoms with Crippen molar-refractivity contribution in [2.75, 3.05) is 6.54 Å². The van der Waals surface area contributed by atoms with Crippen LogP contribution in [0.1, 0.15) is 57.1 Å². The first kappa shape index (κ1) is 17.7. The minimum absolute atomic E-state index is 0.0971. The van der Waals surface area contributed by atoms with Crippen molar-refractivity contribution in [1.29, 1.82) is 0 Å². The smallest absolute Gasteiger partial charge is 0.220 e. The molecule has 0 spiro atoms. The molecular formula is C18H29NO2. The Morgan fingerprint density at radius 2 is 1.86 bits per heavy atom. The molecule has 3 heteroatoms. The largest absolute Gasteiger partial charge is 0.393 e. The fraction of sp³-hybridized carbons (Fsp3) is 0.611. The molecule has 3 unspecified atom stereocenters. The van der Waals surface area contributed by atoms with Gasteiger partial charge in [-0.2, -0.15) is 0 Å². The van der Waals surface area contributed by atoms with E-state index in [0.717, 1.165) is 12.8 Å². The van der Waals surface area contributed by atoms with Gasteiger partial charge in [-0.3, -0.25) is 4.79 Å². The van der Waals surface area contributed by atoms with E-state index in [1.165, 1.54) is 11.1 Å². The van der Waals surface area contributed by atoms with E-state index in [1.54, 1.807) is 6.92 Å². The Labute approximate surface area is 128 Å². The molecule has 0 aliphatic rings. The van der Waals surface area contributed by atoms with Gasteiger partial charge in [0.2, 0.25) is 5.91 Å². The van der Waals surface area contributed by atoms with Gasteiger partial charge in [0.25, 0.3) is 0 Å². The topological polar surface area (TPSA) is 49.3 Å². The Bertz CT molecular complexity index is 425. The van der Waals surface area contributed by atoms with Crippen LogP contribution in [0.2, 0.25) is 0 Å². The predicted molar refractivity (Wildman–Crippen MR) is 87.3 cm³/mol. The maximum atomic E-state index is 12.1. The highest BCUT2D eigenvalue weighted by molar-refractivity contribution is 5.76. The standard InChI is InChI=1S/C18H29NO2/c1-5-16(17-8-6-13(2)7-9-17)11-18(21)19-12-14(3)10-15(4)20/h6-9,14-16,20H,5,10-12H2,1-4H3,(H,19,21). The highest BCUT2D eigenvalue weighted by Crippen LogP contribution is 2.23. The van der Waals surface area contributed by atoms with Crippen molar-refractivity contribution in [3.05, 3.63) is 35.4 Å². The lowest BCUT2D eigenvalue weighted by atomic mass is 9.92. The zero-order chi connectivity index (χ0) is 15.8. The molecule has 21 heavy (non-hydrogen) atoms. The van der Waals surface area contributed by atoms with Gasteiger partial charge in [-0.25, -0.2) is 0 Å². The summed E-state index contributed by atoms with van der Waals surface area (Å²) in [5.74, 6) is 0.672. The maximum absolute atomic E-state index is 12.1. The molecule has 0 aromatic heterocycles. The number of hydrogen-bond acceptors (Lipinski definition) is 2. The number of amides is 1. The Morgan fingerprint density at radius 1 is 1.24 bits per heavy atom. The minimum Gasteiger partial charge on any atom is -0.393 e. The fourth-order valence-electron chi connectivity index (χ4n) is 2.59. The first-order valence-corrected chi connectivity index (χ1v) is 7.93. The SMILES string of the molecule is CCC(CC(=O)NCC(C)CC(C)O)c1ccc(C)cc1. The molecule has 0 saturated carbocycles. The molecule has 1 amide bonds. The normalized spacial score (nSPS) is 15.3. The summed E-state index contributed by atoms with van der Waals surface area (Å²) in [6, 6.07) is 8.43. The molecule has 3 atom stereocenters. The minimum atomic E-state index is -0.312. The van der Waals surface area contributed by atoms with Crippen molar-refractivity contribution < 1.29 is 9.90 Å². The second-order valence-electron chi connectivity index (χ2n) is 6.21. The number of hydrogen-bond donors (Lipinski definition) is 2. The Morgan fingerprint density at radius 3 is 2.38 bits per heavy atom.